The van der Waals surface area contributed by atoms with Gasteiger partial charge in [0.15, 0.2) is 6.54 Å². The number of hydrogen-bond acceptors (Lipinski definition) is 5. The van der Waals surface area contributed by atoms with Crippen LogP contribution in [0.1, 0.15) is 31.2 Å². The molecule has 2 aromatic heterocycles. The fourth-order valence-electron chi connectivity index (χ4n) is 3.73. The second-order valence-electron chi connectivity index (χ2n) is 7.52. The Morgan fingerprint density at radius 3 is 2.77 bits per heavy atom. The molecule has 0 spiro atoms. The molecule has 3 aromatic rings. The molecule has 0 fully saturated rings. The summed E-state index contributed by atoms with van der Waals surface area (Å²) in [6, 6.07) is 14.4. The summed E-state index contributed by atoms with van der Waals surface area (Å²) in [6.45, 7) is 5.46. The van der Waals surface area contributed by atoms with Crippen molar-refractivity contribution in [1.82, 2.24) is 15.1 Å². The number of benzene rings is 1. The maximum atomic E-state index is 13.0. The van der Waals surface area contributed by atoms with Crippen LogP contribution in [0.25, 0.3) is 16.3 Å². The molecule has 1 aliphatic heterocycles. The van der Waals surface area contributed by atoms with E-state index in [2.05, 4.69) is 47.5 Å². The highest BCUT2D eigenvalue weighted by Gasteiger charge is 2.24. The summed E-state index contributed by atoms with van der Waals surface area (Å²) in [4.78, 5) is 17.1. The second kappa shape index (κ2) is 9.82. The van der Waals surface area contributed by atoms with Gasteiger partial charge >= 0.3 is 0 Å². The lowest BCUT2D eigenvalue weighted by Crippen LogP contribution is -3.13. The molecule has 1 unspecified atom stereocenters. The number of carbonyl (C=O) groups is 1. The van der Waals surface area contributed by atoms with Crippen molar-refractivity contribution in [3.63, 3.8) is 0 Å². The number of nitrogens with zero attached hydrogens (tertiary/aromatic N) is 3. The number of carbonyl (C=O) groups excluding carboxylic acids is 1. The highest BCUT2D eigenvalue weighted by atomic mass is 32.1. The molecule has 1 N–H and O–H groups in total. The number of rotatable bonds is 8. The summed E-state index contributed by atoms with van der Waals surface area (Å²) in [5.74, 6) is 1.14. The van der Waals surface area contributed by atoms with Gasteiger partial charge in [0.05, 0.1) is 24.5 Å². The maximum Gasteiger partial charge on any atom is 0.278 e. The standard InChI is InChI=1S/C23H26N4O2S/c1-2-12-27(16-21-24-25-23(29-21)20-9-6-15-30-20)22(28)17-26-13-10-19(11-14-26)18-7-4-3-5-8-18/h3-10,15H,2,11-14,16-17H2,1H3/p+1. The number of thiophene rings is 1. The zero-order valence-corrected chi connectivity index (χ0v) is 18.0. The Kier molecular flexibility index (Phi) is 6.71. The quantitative estimate of drug-likeness (QED) is 0.605. The van der Waals surface area contributed by atoms with Crippen molar-refractivity contribution in [3.8, 4) is 10.8 Å². The van der Waals surface area contributed by atoms with E-state index in [1.807, 2.05) is 28.5 Å². The molecule has 0 saturated heterocycles. The number of nitrogens with one attached hydrogen (secondary N) is 1. The molecular formula is C23H27N4O2S+. The summed E-state index contributed by atoms with van der Waals surface area (Å²) >= 11 is 1.56. The van der Waals surface area contributed by atoms with Crippen LogP contribution >= 0.6 is 11.3 Å². The normalized spacial score (nSPS) is 16.3. The Hall–Kier alpha value is -2.77. The molecule has 0 bridgehead atoms. The number of amides is 1. The molecule has 0 aliphatic carbocycles. The van der Waals surface area contributed by atoms with Gasteiger partial charge in [-0.05, 0) is 35.1 Å². The lowest BCUT2D eigenvalue weighted by molar-refractivity contribution is -0.887. The van der Waals surface area contributed by atoms with Gasteiger partial charge in [-0.3, -0.25) is 4.79 Å². The summed E-state index contributed by atoms with van der Waals surface area (Å²) in [5.41, 5.74) is 2.66. The van der Waals surface area contributed by atoms with Gasteiger partial charge in [-0.25, -0.2) is 0 Å². The highest BCUT2D eigenvalue weighted by Crippen LogP contribution is 2.23. The Morgan fingerprint density at radius 1 is 1.20 bits per heavy atom. The summed E-state index contributed by atoms with van der Waals surface area (Å²) in [5, 5.41) is 10.3. The molecule has 1 atom stereocenters. The smallest absolute Gasteiger partial charge is 0.278 e. The topological polar surface area (TPSA) is 63.7 Å². The Balaban J connectivity index is 1.35. The average Bonchev–Trinajstić information content (AvgIpc) is 3.47. The van der Waals surface area contributed by atoms with Gasteiger partial charge in [0.2, 0.25) is 5.89 Å². The van der Waals surface area contributed by atoms with Crippen LogP contribution in [0.5, 0.6) is 0 Å². The number of hydrogen-bond donors (Lipinski definition) is 1. The van der Waals surface area contributed by atoms with Crippen molar-refractivity contribution in [2.45, 2.75) is 26.3 Å². The van der Waals surface area contributed by atoms with E-state index in [0.29, 0.717) is 31.4 Å². The van der Waals surface area contributed by atoms with E-state index in [9.17, 15) is 4.79 Å². The predicted molar refractivity (Wildman–Crippen MR) is 118 cm³/mol. The van der Waals surface area contributed by atoms with Gasteiger partial charge in [0.25, 0.3) is 11.8 Å². The zero-order valence-electron chi connectivity index (χ0n) is 17.2. The third-order valence-corrected chi connectivity index (χ3v) is 6.16. The molecule has 7 heteroatoms. The van der Waals surface area contributed by atoms with Crippen LogP contribution in [0.15, 0.2) is 58.3 Å². The van der Waals surface area contributed by atoms with E-state index < -0.39 is 0 Å². The molecule has 3 heterocycles. The Labute approximate surface area is 180 Å². The van der Waals surface area contributed by atoms with Gasteiger partial charge < -0.3 is 14.2 Å². The Morgan fingerprint density at radius 2 is 2.07 bits per heavy atom. The lowest BCUT2D eigenvalue weighted by atomic mass is 9.99. The highest BCUT2D eigenvalue weighted by molar-refractivity contribution is 7.13. The molecule has 156 valence electrons. The van der Waals surface area contributed by atoms with E-state index in [4.69, 9.17) is 4.42 Å². The third kappa shape index (κ3) is 5.04. The monoisotopic (exact) mass is 423 g/mol. The molecule has 6 nitrogen and oxygen atoms in total. The Bertz CT molecular complexity index is 982. The van der Waals surface area contributed by atoms with Gasteiger partial charge in [-0.1, -0.05) is 43.3 Å². The maximum absolute atomic E-state index is 13.0. The van der Waals surface area contributed by atoms with Crippen LogP contribution in [0, 0.1) is 0 Å². The summed E-state index contributed by atoms with van der Waals surface area (Å²) in [7, 11) is 0. The van der Waals surface area contributed by atoms with E-state index in [1.54, 1.807) is 11.3 Å². The van der Waals surface area contributed by atoms with E-state index in [0.717, 1.165) is 30.8 Å². The second-order valence-corrected chi connectivity index (χ2v) is 8.47. The molecule has 0 radical (unpaired) electrons. The predicted octanol–water partition coefficient (Wildman–Crippen LogP) is 2.91. The first kappa shape index (κ1) is 20.5. The first-order chi connectivity index (χ1) is 14.7. The van der Waals surface area contributed by atoms with Crippen LogP contribution < -0.4 is 4.90 Å². The minimum Gasteiger partial charge on any atom is -0.418 e. The van der Waals surface area contributed by atoms with Crippen molar-refractivity contribution < 1.29 is 14.1 Å². The zero-order chi connectivity index (χ0) is 20.8. The largest absolute Gasteiger partial charge is 0.418 e. The number of aromatic nitrogens is 2. The minimum absolute atomic E-state index is 0.138. The van der Waals surface area contributed by atoms with Crippen LogP contribution in [0.4, 0.5) is 0 Å². The fraction of sp³-hybridized carbons (Fsp3) is 0.348. The van der Waals surface area contributed by atoms with Crippen molar-refractivity contribution in [3.05, 3.63) is 65.4 Å². The van der Waals surface area contributed by atoms with Crippen molar-refractivity contribution >= 4 is 22.8 Å². The fourth-order valence-corrected chi connectivity index (χ4v) is 4.37. The molecule has 1 amide bonds. The number of quaternary nitrogens is 1. The van der Waals surface area contributed by atoms with Crippen LogP contribution in [0.3, 0.4) is 0 Å². The summed E-state index contributed by atoms with van der Waals surface area (Å²) < 4.78 is 5.79. The molecule has 30 heavy (non-hydrogen) atoms. The van der Waals surface area contributed by atoms with E-state index >= 15 is 0 Å². The minimum atomic E-state index is 0.138. The summed E-state index contributed by atoms with van der Waals surface area (Å²) in [6.07, 6.45) is 4.16. The van der Waals surface area contributed by atoms with E-state index in [1.165, 1.54) is 16.0 Å². The first-order valence-corrected chi connectivity index (χ1v) is 11.3. The van der Waals surface area contributed by atoms with Crippen LogP contribution in [-0.2, 0) is 11.3 Å². The molecule has 4 rings (SSSR count). The first-order valence-electron chi connectivity index (χ1n) is 10.4. The lowest BCUT2D eigenvalue weighted by Gasteiger charge is -2.26. The molecular weight excluding hydrogens is 396 g/mol. The SMILES string of the molecule is CCCN(Cc1nnc(-c2cccs2)o1)C(=O)C[NH+]1CC=C(c2ccccc2)CC1. The van der Waals surface area contributed by atoms with Crippen LogP contribution in [0.2, 0.25) is 0 Å². The molecule has 0 saturated carbocycles. The van der Waals surface area contributed by atoms with Gasteiger partial charge in [0.1, 0.15) is 0 Å². The van der Waals surface area contributed by atoms with Crippen molar-refractivity contribution in [2.24, 2.45) is 0 Å². The van der Waals surface area contributed by atoms with Gasteiger partial charge in [0, 0.05) is 13.0 Å². The van der Waals surface area contributed by atoms with Crippen molar-refractivity contribution in [1.29, 1.82) is 0 Å². The van der Waals surface area contributed by atoms with Crippen LogP contribution in [-0.4, -0.2) is 47.2 Å². The molecule has 1 aromatic carbocycles. The van der Waals surface area contributed by atoms with Gasteiger partial charge in [-0.2, -0.15) is 0 Å². The van der Waals surface area contributed by atoms with Gasteiger partial charge in [-0.15, -0.1) is 21.5 Å². The molecule has 1 aliphatic rings. The van der Waals surface area contributed by atoms with E-state index in [-0.39, 0.29) is 5.91 Å². The third-order valence-electron chi connectivity index (χ3n) is 5.30. The van der Waals surface area contributed by atoms with Crippen molar-refractivity contribution in [2.75, 3.05) is 26.2 Å². The average molecular weight is 424 g/mol.